The van der Waals surface area contributed by atoms with Gasteiger partial charge in [0, 0.05) is 5.56 Å². The van der Waals surface area contributed by atoms with Gasteiger partial charge in [-0.15, -0.1) is 0 Å². The first-order valence-corrected chi connectivity index (χ1v) is 6.68. The highest BCUT2D eigenvalue weighted by Gasteiger charge is 2.35. The molecular weight excluding hydrogens is 250 g/mol. The van der Waals surface area contributed by atoms with Crippen LogP contribution in [0, 0.1) is 0 Å². The SMILES string of the molecule is O=CCN1C(=O)c2ccccc2C1Cc1ccccc1. The first-order valence-electron chi connectivity index (χ1n) is 6.68. The summed E-state index contributed by atoms with van der Waals surface area (Å²) >= 11 is 0. The number of benzene rings is 2. The summed E-state index contributed by atoms with van der Waals surface area (Å²) in [5.41, 5.74) is 2.90. The Hall–Kier alpha value is -2.42. The minimum absolute atomic E-state index is 0.0476. The fraction of sp³-hybridized carbons (Fsp3) is 0.176. The predicted octanol–water partition coefficient (Wildman–Crippen LogP) is 2.63. The van der Waals surface area contributed by atoms with Crippen molar-refractivity contribution in [1.29, 1.82) is 0 Å². The molecule has 0 N–H and O–H groups in total. The minimum atomic E-state index is -0.0497. The molecule has 3 rings (SSSR count). The van der Waals surface area contributed by atoms with Gasteiger partial charge in [0.1, 0.15) is 6.29 Å². The normalized spacial score (nSPS) is 17.1. The zero-order chi connectivity index (χ0) is 13.9. The lowest BCUT2D eigenvalue weighted by Crippen LogP contribution is -2.30. The second-order valence-electron chi connectivity index (χ2n) is 4.92. The summed E-state index contributed by atoms with van der Waals surface area (Å²) < 4.78 is 0. The van der Waals surface area contributed by atoms with Crippen LogP contribution >= 0.6 is 0 Å². The van der Waals surface area contributed by atoms with Crippen LogP contribution in [0.5, 0.6) is 0 Å². The maximum atomic E-state index is 12.4. The molecular formula is C17H15NO2. The van der Waals surface area contributed by atoms with Crippen molar-refractivity contribution in [3.8, 4) is 0 Å². The van der Waals surface area contributed by atoms with Gasteiger partial charge in [-0.25, -0.2) is 0 Å². The molecule has 100 valence electrons. The molecule has 0 saturated carbocycles. The van der Waals surface area contributed by atoms with Crippen molar-refractivity contribution in [2.24, 2.45) is 0 Å². The highest BCUT2D eigenvalue weighted by atomic mass is 16.2. The molecule has 0 fully saturated rings. The molecule has 0 aromatic heterocycles. The first kappa shape index (κ1) is 12.6. The van der Waals surface area contributed by atoms with Gasteiger partial charge < -0.3 is 9.69 Å². The molecule has 1 atom stereocenters. The lowest BCUT2D eigenvalue weighted by Gasteiger charge is -2.23. The average Bonchev–Trinajstić information content (AvgIpc) is 2.75. The van der Waals surface area contributed by atoms with Gasteiger partial charge in [0.05, 0.1) is 12.6 Å². The third kappa shape index (κ3) is 2.11. The highest BCUT2D eigenvalue weighted by Crippen LogP contribution is 2.35. The summed E-state index contributed by atoms with van der Waals surface area (Å²) in [7, 11) is 0. The standard InChI is InChI=1S/C17H15NO2/c19-11-10-18-16(12-13-6-2-1-3-7-13)14-8-4-5-9-15(14)17(18)20/h1-9,11,16H,10,12H2. The minimum Gasteiger partial charge on any atom is -0.324 e. The number of hydrogen-bond donors (Lipinski definition) is 0. The molecule has 3 heteroatoms. The van der Waals surface area contributed by atoms with E-state index in [1.165, 1.54) is 0 Å². The number of rotatable bonds is 4. The Labute approximate surface area is 117 Å². The van der Waals surface area contributed by atoms with E-state index in [-0.39, 0.29) is 18.5 Å². The van der Waals surface area contributed by atoms with Crippen LogP contribution in [0.2, 0.25) is 0 Å². The fourth-order valence-corrected chi connectivity index (χ4v) is 2.79. The lowest BCUT2D eigenvalue weighted by atomic mass is 9.98. The van der Waals surface area contributed by atoms with Crippen LogP contribution in [0.3, 0.4) is 0 Å². The molecule has 1 aliphatic heterocycles. The quantitative estimate of drug-likeness (QED) is 0.797. The van der Waals surface area contributed by atoms with Gasteiger partial charge in [-0.05, 0) is 23.6 Å². The van der Waals surface area contributed by atoms with E-state index >= 15 is 0 Å². The van der Waals surface area contributed by atoms with E-state index in [1.54, 1.807) is 4.90 Å². The molecule has 0 aliphatic carbocycles. The number of nitrogens with zero attached hydrogens (tertiary/aromatic N) is 1. The third-order valence-electron chi connectivity index (χ3n) is 3.73. The average molecular weight is 265 g/mol. The summed E-state index contributed by atoms with van der Waals surface area (Å²) in [6.07, 6.45) is 1.53. The Balaban J connectivity index is 1.97. The molecule has 1 aliphatic rings. The molecule has 0 bridgehead atoms. The van der Waals surface area contributed by atoms with E-state index in [0.717, 1.165) is 29.4 Å². The van der Waals surface area contributed by atoms with Gasteiger partial charge in [-0.3, -0.25) is 4.79 Å². The number of carbonyl (C=O) groups is 2. The zero-order valence-electron chi connectivity index (χ0n) is 11.0. The maximum Gasteiger partial charge on any atom is 0.255 e. The van der Waals surface area contributed by atoms with Crippen LogP contribution in [0.25, 0.3) is 0 Å². The molecule has 2 aromatic carbocycles. The number of carbonyl (C=O) groups excluding carboxylic acids is 2. The molecule has 3 nitrogen and oxygen atoms in total. The van der Waals surface area contributed by atoms with Crippen LogP contribution in [-0.2, 0) is 11.2 Å². The van der Waals surface area contributed by atoms with Crippen LogP contribution < -0.4 is 0 Å². The van der Waals surface area contributed by atoms with Crippen molar-refractivity contribution in [3.05, 3.63) is 71.3 Å². The van der Waals surface area contributed by atoms with Crippen molar-refractivity contribution >= 4 is 12.2 Å². The first-order chi connectivity index (χ1) is 9.81. The Morgan fingerprint density at radius 2 is 1.70 bits per heavy atom. The topological polar surface area (TPSA) is 37.4 Å². The van der Waals surface area contributed by atoms with Crippen molar-refractivity contribution in [2.45, 2.75) is 12.5 Å². The third-order valence-corrected chi connectivity index (χ3v) is 3.73. The van der Waals surface area contributed by atoms with Gasteiger partial charge >= 0.3 is 0 Å². The van der Waals surface area contributed by atoms with Crippen molar-refractivity contribution in [1.82, 2.24) is 4.90 Å². The molecule has 0 saturated heterocycles. The number of amides is 1. The predicted molar refractivity (Wildman–Crippen MR) is 76.4 cm³/mol. The van der Waals surface area contributed by atoms with Crippen molar-refractivity contribution in [3.63, 3.8) is 0 Å². The van der Waals surface area contributed by atoms with Crippen LogP contribution in [0.15, 0.2) is 54.6 Å². The van der Waals surface area contributed by atoms with Crippen LogP contribution in [-0.4, -0.2) is 23.6 Å². The van der Waals surface area contributed by atoms with Gasteiger partial charge in [-0.1, -0.05) is 48.5 Å². The zero-order valence-corrected chi connectivity index (χ0v) is 11.0. The molecule has 1 amide bonds. The summed E-state index contributed by atoms with van der Waals surface area (Å²) in [5, 5.41) is 0. The van der Waals surface area contributed by atoms with E-state index in [2.05, 4.69) is 0 Å². The second-order valence-corrected chi connectivity index (χ2v) is 4.92. The smallest absolute Gasteiger partial charge is 0.255 e. The molecule has 1 heterocycles. The van der Waals surface area contributed by atoms with Crippen molar-refractivity contribution in [2.75, 3.05) is 6.54 Å². The number of fused-ring (bicyclic) bond motifs is 1. The molecule has 20 heavy (non-hydrogen) atoms. The van der Waals surface area contributed by atoms with Gasteiger partial charge in [-0.2, -0.15) is 0 Å². The Morgan fingerprint density at radius 3 is 2.45 bits per heavy atom. The Bertz CT molecular complexity index is 636. The molecule has 2 aromatic rings. The summed E-state index contributed by atoms with van der Waals surface area (Å²) in [4.78, 5) is 24.9. The Kier molecular flexibility index (Phi) is 3.33. The number of hydrogen-bond acceptors (Lipinski definition) is 2. The van der Waals surface area contributed by atoms with E-state index in [9.17, 15) is 9.59 Å². The van der Waals surface area contributed by atoms with E-state index in [1.807, 2.05) is 54.6 Å². The van der Waals surface area contributed by atoms with Crippen molar-refractivity contribution < 1.29 is 9.59 Å². The van der Waals surface area contributed by atoms with Crippen LogP contribution in [0.1, 0.15) is 27.5 Å². The van der Waals surface area contributed by atoms with Gasteiger partial charge in [0.15, 0.2) is 0 Å². The maximum absolute atomic E-state index is 12.4. The summed E-state index contributed by atoms with van der Waals surface area (Å²) in [6.45, 7) is 0.144. The number of aldehydes is 1. The van der Waals surface area contributed by atoms with E-state index in [0.29, 0.717) is 0 Å². The summed E-state index contributed by atoms with van der Waals surface area (Å²) in [6, 6.07) is 17.6. The lowest BCUT2D eigenvalue weighted by molar-refractivity contribution is -0.108. The highest BCUT2D eigenvalue weighted by molar-refractivity contribution is 6.00. The largest absolute Gasteiger partial charge is 0.324 e. The Morgan fingerprint density at radius 1 is 1.00 bits per heavy atom. The van der Waals surface area contributed by atoms with E-state index in [4.69, 9.17) is 0 Å². The summed E-state index contributed by atoms with van der Waals surface area (Å²) in [5.74, 6) is -0.0476. The van der Waals surface area contributed by atoms with E-state index < -0.39 is 0 Å². The fourth-order valence-electron chi connectivity index (χ4n) is 2.79. The van der Waals surface area contributed by atoms with Crippen LogP contribution in [0.4, 0.5) is 0 Å². The molecule has 0 spiro atoms. The monoisotopic (exact) mass is 265 g/mol. The van der Waals surface area contributed by atoms with Gasteiger partial charge in [0.25, 0.3) is 5.91 Å². The van der Waals surface area contributed by atoms with Gasteiger partial charge in [0.2, 0.25) is 0 Å². The second kappa shape index (κ2) is 5.29. The molecule has 0 radical (unpaired) electrons. The molecule has 1 unspecified atom stereocenters.